The van der Waals surface area contributed by atoms with Crippen molar-refractivity contribution in [2.75, 3.05) is 26.3 Å². The second kappa shape index (κ2) is 22.4. The summed E-state index contributed by atoms with van der Waals surface area (Å²) in [5.74, 6) is -2.19. The maximum Gasteiger partial charge on any atom is 0.267 e. The van der Waals surface area contributed by atoms with E-state index in [0.717, 1.165) is 11.1 Å². The Morgan fingerprint density at radius 2 is 1.05 bits per heavy atom. The largest absolute Gasteiger partial charge is 0.378 e. The molecule has 0 aliphatic heterocycles. The van der Waals surface area contributed by atoms with Crippen LogP contribution in [-0.4, -0.2) is 59.9 Å². The fourth-order valence-electron chi connectivity index (χ4n) is 4.91. The number of rotatable bonds is 18. The number of nitrogens with zero attached hydrogens (tertiary/aromatic N) is 8. The molecule has 0 radical (unpaired) electrons. The van der Waals surface area contributed by atoms with E-state index in [0.29, 0.717) is 22.5 Å². The molecule has 57 heavy (non-hydrogen) atoms. The molecule has 2 heterocycles. The van der Waals surface area contributed by atoms with Crippen molar-refractivity contribution >= 4 is 47.2 Å². The number of azide groups is 2. The van der Waals surface area contributed by atoms with E-state index in [4.69, 9.17) is 15.8 Å². The van der Waals surface area contributed by atoms with Crippen molar-refractivity contribution in [2.45, 2.75) is 13.8 Å². The van der Waals surface area contributed by atoms with Crippen molar-refractivity contribution in [3.8, 4) is 0 Å². The summed E-state index contributed by atoms with van der Waals surface area (Å²) in [5.41, 5.74) is 21.5. The number of benzene rings is 2. The number of hydrogen-bond donors (Lipinski definition) is 4. The van der Waals surface area contributed by atoms with Crippen LogP contribution in [0.1, 0.15) is 45.7 Å². The number of amides is 4. The number of hydrogen-bond acceptors (Lipinski definition) is 9. The molecule has 2 aromatic carbocycles. The Hall–Kier alpha value is -7.84. The van der Waals surface area contributed by atoms with Gasteiger partial charge in [0.15, 0.2) is 0 Å². The molecule has 0 bridgehead atoms. The zero-order valence-corrected chi connectivity index (χ0v) is 31.0. The lowest BCUT2D eigenvalue weighted by molar-refractivity contribution is -0.118. The molecule has 0 saturated carbocycles. The van der Waals surface area contributed by atoms with Crippen LogP contribution in [0.3, 0.4) is 0 Å². The SMILES string of the molecule is CC(/C=C(\NC(=O)c1cccnc1)C(=O)NCCOCCNC(=O)/C(=C/C(C)=C/c1ccc(N=[N+]=[N-])cc1)NC(=O)c1cccnc1)=C\c1ccc(N=[N+]=[N-])cc1. The maximum absolute atomic E-state index is 13.2. The van der Waals surface area contributed by atoms with E-state index >= 15 is 0 Å². The second-order valence-corrected chi connectivity index (χ2v) is 12.0. The summed E-state index contributed by atoms with van der Waals surface area (Å²) in [6.07, 6.45) is 12.4. The lowest BCUT2D eigenvalue weighted by Crippen LogP contribution is -2.37. The first kappa shape index (κ1) is 41.9. The van der Waals surface area contributed by atoms with Gasteiger partial charge in [0.2, 0.25) is 0 Å². The summed E-state index contributed by atoms with van der Waals surface area (Å²) in [4.78, 5) is 65.8. The fourth-order valence-corrected chi connectivity index (χ4v) is 4.91. The molecule has 4 N–H and O–H groups in total. The highest BCUT2D eigenvalue weighted by Gasteiger charge is 2.16. The van der Waals surface area contributed by atoms with E-state index in [9.17, 15) is 19.2 Å². The van der Waals surface area contributed by atoms with Crippen LogP contribution in [0.5, 0.6) is 0 Å². The predicted molar refractivity (Wildman–Crippen MR) is 214 cm³/mol. The van der Waals surface area contributed by atoms with Crippen molar-refractivity contribution in [3.05, 3.63) is 175 Å². The smallest absolute Gasteiger partial charge is 0.267 e. The molecule has 17 nitrogen and oxygen atoms in total. The summed E-state index contributed by atoms with van der Waals surface area (Å²) in [7, 11) is 0. The molecular formula is C40H38N12O5. The number of aromatic nitrogens is 2. The zero-order chi connectivity index (χ0) is 40.8. The minimum Gasteiger partial charge on any atom is -0.378 e. The second-order valence-electron chi connectivity index (χ2n) is 12.0. The number of carbonyl (C=O) groups excluding carboxylic acids is 4. The van der Waals surface area contributed by atoms with Crippen LogP contribution in [-0.2, 0) is 14.3 Å². The van der Waals surface area contributed by atoms with E-state index in [-0.39, 0.29) is 48.8 Å². The van der Waals surface area contributed by atoms with Gasteiger partial charge >= 0.3 is 0 Å². The summed E-state index contributed by atoms with van der Waals surface area (Å²) in [6.45, 7) is 3.85. The average Bonchev–Trinajstić information content (AvgIpc) is 3.22. The van der Waals surface area contributed by atoms with Crippen LogP contribution < -0.4 is 21.3 Å². The van der Waals surface area contributed by atoms with E-state index < -0.39 is 23.6 Å². The molecule has 0 aliphatic rings. The summed E-state index contributed by atoms with van der Waals surface area (Å²) >= 11 is 0. The monoisotopic (exact) mass is 766 g/mol. The third-order valence-corrected chi connectivity index (χ3v) is 7.54. The Morgan fingerprint density at radius 1 is 0.649 bits per heavy atom. The summed E-state index contributed by atoms with van der Waals surface area (Å²) in [5, 5.41) is 17.9. The first-order chi connectivity index (χ1) is 27.6. The number of carbonyl (C=O) groups is 4. The van der Waals surface area contributed by atoms with Crippen molar-refractivity contribution in [1.29, 1.82) is 0 Å². The molecule has 0 spiro atoms. The molecule has 2 aromatic heterocycles. The molecule has 0 atom stereocenters. The van der Waals surface area contributed by atoms with Gasteiger partial charge in [0, 0.05) is 59.1 Å². The Balaban J connectivity index is 1.34. The van der Waals surface area contributed by atoms with Gasteiger partial charge in [-0.1, -0.05) is 70.9 Å². The van der Waals surface area contributed by atoms with Crippen molar-refractivity contribution in [1.82, 2.24) is 31.2 Å². The lowest BCUT2D eigenvalue weighted by Gasteiger charge is -2.13. The third kappa shape index (κ3) is 14.5. The summed E-state index contributed by atoms with van der Waals surface area (Å²) < 4.78 is 5.63. The highest BCUT2D eigenvalue weighted by molar-refractivity contribution is 6.03. The molecule has 288 valence electrons. The zero-order valence-electron chi connectivity index (χ0n) is 31.0. The van der Waals surface area contributed by atoms with Gasteiger partial charge in [0.25, 0.3) is 23.6 Å². The van der Waals surface area contributed by atoms with Gasteiger partial charge in [-0.05, 0) is 83.6 Å². The lowest BCUT2D eigenvalue weighted by atomic mass is 10.1. The normalized spacial score (nSPS) is 11.7. The molecule has 4 rings (SSSR count). The molecule has 0 saturated heterocycles. The van der Waals surface area contributed by atoms with Crippen molar-refractivity contribution < 1.29 is 23.9 Å². The molecule has 4 aromatic rings. The van der Waals surface area contributed by atoms with Gasteiger partial charge < -0.3 is 26.0 Å². The molecule has 0 aliphatic carbocycles. The van der Waals surface area contributed by atoms with Crippen molar-refractivity contribution in [3.63, 3.8) is 0 Å². The van der Waals surface area contributed by atoms with Crippen LogP contribution in [0, 0.1) is 0 Å². The van der Waals surface area contributed by atoms with Crippen LogP contribution in [0.15, 0.2) is 143 Å². The third-order valence-electron chi connectivity index (χ3n) is 7.54. The van der Waals surface area contributed by atoms with Crippen LogP contribution >= 0.6 is 0 Å². The molecule has 0 unspecified atom stereocenters. The Morgan fingerprint density at radius 3 is 1.40 bits per heavy atom. The minimum atomic E-state index is -0.565. The predicted octanol–water partition coefficient (Wildman–Crippen LogP) is 6.74. The van der Waals surface area contributed by atoms with Gasteiger partial charge in [-0.25, -0.2) is 0 Å². The highest BCUT2D eigenvalue weighted by atomic mass is 16.5. The van der Waals surface area contributed by atoms with E-state index in [1.807, 2.05) is 0 Å². The molecule has 17 heteroatoms. The number of allylic oxidation sites excluding steroid dienone is 4. The number of ether oxygens (including phenoxy) is 1. The Bertz CT molecular complexity index is 2100. The Kier molecular flexibility index (Phi) is 16.5. The summed E-state index contributed by atoms with van der Waals surface area (Å²) in [6, 6.07) is 20.0. The van der Waals surface area contributed by atoms with Gasteiger partial charge in [0.1, 0.15) is 11.4 Å². The first-order valence-electron chi connectivity index (χ1n) is 17.3. The van der Waals surface area contributed by atoms with E-state index in [1.54, 1.807) is 98.8 Å². The van der Waals surface area contributed by atoms with Gasteiger partial charge in [-0.15, -0.1) is 0 Å². The van der Waals surface area contributed by atoms with Crippen LogP contribution in [0.2, 0.25) is 0 Å². The standard InChI is InChI=1S/C40H38N12O5/c1-27(21-29-7-11-33(12-8-29)49-51-41)23-35(47-37(53)31-5-3-15-43-25-31)39(55)45-17-19-57-20-18-46-40(56)36(48-38(54)32-6-4-16-44-26-32)24-28(2)22-30-9-13-34(14-10-30)50-52-42/h3-16,21-26H,17-20H2,1-2H3,(H,45,55)(H,46,56)(H,47,53)(H,48,54)/b27-21+,28-22+,35-23-,36-24-. The number of pyridine rings is 2. The van der Waals surface area contributed by atoms with Gasteiger partial charge in [-0.3, -0.25) is 29.1 Å². The minimum absolute atomic E-state index is 0.0160. The van der Waals surface area contributed by atoms with Crippen molar-refractivity contribution in [2.24, 2.45) is 10.2 Å². The van der Waals surface area contributed by atoms with Crippen LogP contribution in [0.4, 0.5) is 11.4 Å². The molecular weight excluding hydrogens is 729 g/mol. The topological polar surface area (TPSA) is 249 Å². The molecule has 4 amide bonds. The first-order valence-corrected chi connectivity index (χ1v) is 17.3. The average molecular weight is 767 g/mol. The van der Waals surface area contributed by atoms with E-state index in [1.165, 1.54) is 36.9 Å². The number of nitrogens with one attached hydrogen (secondary N) is 4. The van der Waals surface area contributed by atoms with Crippen LogP contribution in [0.25, 0.3) is 33.0 Å². The highest BCUT2D eigenvalue weighted by Crippen LogP contribution is 2.17. The maximum atomic E-state index is 13.2. The van der Waals surface area contributed by atoms with Gasteiger partial charge in [-0.2, -0.15) is 0 Å². The fraction of sp³-hybridized carbons (Fsp3) is 0.150. The van der Waals surface area contributed by atoms with Gasteiger partial charge in [0.05, 0.1) is 24.3 Å². The quantitative estimate of drug-likeness (QED) is 0.0212. The molecule has 0 fully saturated rings. The van der Waals surface area contributed by atoms with E-state index in [2.05, 4.69) is 51.3 Å². The Labute approximate surface area is 327 Å².